The first-order valence-electron chi connectivity index (χ1n) is 6.60. The molecule has 0 spiro atoms. The number of rotatable bonds is 5. The van der Waals surface area contributed by atoms with E-state index in [9.17, 15) is 9.59 Å². The third kappa shape index (κ3) is 3.56. The van der Waals surface area contributed by atoms with Crippen molar-refractivity contribution >= 4 is 11.9 Å². The van der Waals surface area contributed by atoms with E-state index in [1.807, 2.05) is 30.3 Å². The lowest BCUT2D eigenvalue weighted by molar-refractivity contribution is -0.150. The Morgan fingerprint density at radius 2 is 2.11 bits per heavy atom. The second-order valence-electron chi connectivity index (χ2n) is 4.62. The zero-order valence-electron chi connectivity index (χ0n) is 11.0. The van der Waals surface area contributed by atoms with Gasteiger partial charge in [0.2, 0.25) is 0 Å². The molecule has 4 nitrogen and oxygen atoms in total. The fraction of sp³-hybridized carbons (Fsp3) is 0.467. The normalized spacial score (nSPS) is 22.1. The number of hydrogen-bond donors (Lipinski definition) is 0. The second-order valence-corrected chi connectivity index (χ2v) is 4.62. The van der Waals surface area contributed by atoms with Crippen LogP contribution in [-0.4, -0.2) is 24.6 Å². The zero-order chi connectivity index (χ0) is 13.7. The van der Waals surface area contributed by atoms with Crippen LogP contribution in [-0.2, 0) is 25.5 Å². The van der Waals surface area contributed by atoms with Crippen LogP contribution in [0.4, 0.5) is 0 Å². The van der Waals surface area contributed by atoms with Crippen LogP contribution in [0.3, 0.4) is 0 Å². The van der Waals surface area contributed by atoms with Crippen LogP contribution < -0.4 is 0 Å². The average Bonchev–Trinajstić information content (AvgIpc) is 2.79. The molecule has 1 fully saturated rings. The molecule has 4 heteroatoms. The lowest BCUT2D eigenvalue weighted by Gasteiger charge is -2.16. The molecule has 0 unspecified atom stereocenters. The summed E-state index contributed by atoms with van der Waals surface area (Å²) in [4.78, 5) is 23.1. The van der Waals surface area contributed by atoms with Gasteiger partial charge in [0.25, 0.3) is 0 Å². The van der Waals surface area contributed by atoms with E-state index in [0.717, 1.165) is 6.42 Å². The van der Waals surface area contributed by atoms with Crippen molar-refractivity contribution in [1.82, 2.24) is 0 Å². The largest absolute Gasteiger partial charge is 0.466 e. The molecule has 0 aromatic heterocycles. The van der Waals surface area contributed by atoms with E-state index in [-0.39, 0.29) is 24.5 Å². The molecule has 0 N–H and O–H groups in total. The van der Waals surface area contributed by atoms with Crippen LogP contribution >= 0.6 is 0 Å². The Bertz CT molecular complexity index is 441. The minimum atomic E-state index is -0.448. The van der Waals surface area contributed by atoms with Gasteiger partial charge < -0.3 is 9.47 Å². The summed E-state index contributed by atoms with van der Waals surface area (Å²) in [6.07, 6.45) is 1.22. The lowest BCUT2D eigenvalue weighted by atomic mass is 9.96. The van der Waals surface area contributed by atoms with Crippen LogP contribution in [0.25, 0.3) is 0 Å². The van der Waals surface area contributed by atoms with Gasteiger partial charge in [-0.15, -0.1) is 0 Å². The zero-order valence-corrected chi connectivity index (χ0v) is 11.0. The molecule has 19 heavy (non-hydrogen) atoms. The number of esters is 2. The smallest absolute Gasteiger partial charge is 0.313 e. The molecule has 1 aliphatic rings. The standard InChI is InChI=1S/C15H18O4/c1-2-18-15(17)12-10-14(16)19-13(12)9-8-11-6-4-3-5-7-11/h3-7,12-13H,2,8-10H2,1H3/t12-,13+/m0/s1. The van der Waals surface area contributed by atoms with Gasteiger partial charge in [0, 0.05) is 0 Å². The molecule has 2 rings (SSSR count). The van der Waals surface area contributed by atoms with Crippen LogP contribution in [0.2, 0.25) is 0 Å². The number of benzene rings is 1. The van der Waals surface area contributed by atoms with Crippen molar-refractivity contribution < 1.29 is 19.1 Å². The summed E-state index contributed by atoms with van der Waals surface area (Å²) in [5.41, 5.74) is 1.17. The molecule has 1 saturated heterocycles. The average molecular weight is 262 g/mol. The van der Waals surface area contributed by atoms with E-state index in [2.05, 4.69) is 0 Å². The van der Waals surface area contributed by atoms with Crippen LogP contribution in [0, 0.1) is 5.92 Å². The van der Waals surface area contributed by atoms with Gasteiger partial charge in [-0.05, 0) is 25.3 Å². The van der Waals surface area contributed by atoms with E-state index in [4.69, 9.17) is 9.47 Å². The Labute approximate surface area is 112 Å². The molecule has 102 valence electrons. The van der Waals surface area contributed by atoms with Gasteiger partial charge in [-0.1, -0.05) is 30.3 Å². The SMILES string of the molecule is CCOC(=O)[C@H]1CC(=O)O[C@@H]1CCc1ccccc1. The van der Waals surface area contributed by atoms with Gasteiger partial charge in [-0.3, -0.25) is 9.59 Å². The summed E-state index contributed by atoms with van der Waals surface area (Å²) < 4.78 is 10.2. The highest BCUT2D eigenvalue weighted by atomic mass is 16.6. The van der Waals surface area contributed by atoms with Crippen molar-refractivity contribution in [3.63, 3.8) is 0 Å². The van der Waals surface area contributed by atoms with E-state index < -0.39 is 5.92 Å². The van der Waals surface area contributed by atoms with Crippen LogP contribution in [0.15, 0.2) is 30.3 Å². The molecule has 0 bridgehead atoms. The summed E-state index contributed by atoms with van der Waals surface area (Å²) >= 11 is 0. The Hall–Kier alpha value is -1.84. The van der Waals surface area contributed by atoms with E-state index in [1.165, 1.54) is 5.56 Å². The van der Waals surface area contributed by atoms with Crippen molar-refractivity contribution in [3.8, 4) is 0 Å². The maximum absolute atomic E-state index is 11.8. The number of carbonyl (C=O) groups is 2. The first-order valence-corrected chi connectivity index (χ1v) is 6.60. The number of carbonyl (C=O) groups excluding carboxylic acids is 2. The molecular formula is C15H18O4. The van der Waals surface area contributed by atoms with Crippen molar-refractivity contribution in [2.45, 2.75) is 32.3 Å². The molecule has 1 heterocycles. The number of ether oxygens (including phenoxy) is 2. The van der Waals surface area contributed by atoms with Crippen molar-refractivity contribution in [1.29, 1.82) is 0 Å². The predicted octanol–water partition coefficient (Wildman–Crippen LogP) is 2.11. The van der Waals surface area contributed by atoms with E-state index in [0.29, 0.717) is 13.0 Å². The van der Waals surface area contributed by atoms with Crippen molar-refractivity contribution in [3.05, 3.63) is 35.9 Å². The minimum Gasteiger partial charge on any atom is -0.466 e. The Morgan fingerprint density at radius 3 is 2.79 bits per heavy atom. The molecule has 0 saturated carbocycles. The summed E-state index contributed by atoms with van der Waals surface area (Å²) in [6.45, 7) is 2.09. The Kier molecular flexibility index (Phi) is 4.55. The molecule has 2 atom stereocenters. The fourth-order valence-electron chi connectivity index (χ4n) is 2.31. The van der Waals surface area contributed by atoms with Gasteiger partial charge in [-0.2, -0.15) is 0 Å². The van der Waals surface area contributed by atoms with Gasteiger partial charge in [0.1, 0.15) is 12.0 Å². The summed E-state index contributed by atoms with van der Waals surface area (Å²) in [7, 11) is 0. The van der Waals surface area contributed by atoms with Crippen molar-refractivity contribution in [2.24, 2.45) is 5.92 Å². The number of cyclic esters (lactones) is 1. The first kappa shape index (κ1) is 13.6. The van der Waals surface area contributed by atoms with E-state index >= 15 is 0 Å². The van der Waals surface area contributed by atoms with Crippen LogP contribution in [0.1, 0.15) is 25.3 Å². The number of aryl methyl sites for hydroxylation is 1. The number of hydrogen-bond acceptors (Lipinski definition) is 4. The molecule has 0 radical (unpaired) electrons. The maximum atomic E-state index is 11.8. The molecule has 1 aliphatic heterocycles. The summed E-state index contributed by atoms with van der Waals surface area (Å²) in [5, 5.41) is 0. The van der Waals surface area contributed by atoms with Gasteiger partial charge >= 0.3 is 11.9 Å². The van der Waals surface area contributed by atoms with Crippen molar-refractivity contribution in [2.75, 3.05) is 6.61 Å². The molecule has 0 amide bonds. The molecule has 1 aromatic rings. The highest BCUT2D eigenvalue weighted by Crippen LogP contribution is 2.27. The maximum Gasteiger partial charge on any atom is 0.313 e. The molecule has 1 aromatic carbocycles. The highest BCUT2D eigenvalue weighted by Gasteiger charge is 2.40. The third-order valence-electron chi connectivity index (χ3n) is 3.27. The Balaban J connectivity index is 1.94. The lowest BCUT2D eigenvalue weighted by Crippen LogP contribution is -2.26. The summed E-state index contributed by atoms with van der Waals surface area (Å²) in [5.74, 6) is -1.08. The van der Waals surface area contributed by atoms with Gasteiger partial charge in [-0.25, -0.2) is 0 Å². The second kappa shape index (κ2) is 6.36. The first-order chi connectivity index (χ1) is 9.20. The van der Waals surface area contributed by atoms with Crippen LogP contribution in [0.5, 0.6) is 0 Å². The molecule has 0 aliphatic carbocycles. The highest BCUT2D eigenvalue weighted by molar-refractivity contribution is 5.83. The van der Waals surface area contributed by atoms with Gasteiger partial charge in [0.15, 0.2) is 0 Å². The monoisotopic (exact) mass is 262 g/mol. The van der Waals surface area contributed by atoms with Gasteiger partial charge in [0.05, 0.1) is 13.0 Å². The topological polar surface area (TPSA) is 52.6 Å². The fourth-order valence-corrected chi connectivity index (χ4v) is 2.31. The van der Waals surface area contributed by atoms with E-state index in [1.54, 1.807) is 6.92 Å². The predicted molar refractivity (Wildman–Crippen MR) is 69.4 cm³/mol. The third-order valence-corrected chi connectivity index (χ3v) is 3.27. The minimum absolute atomic E-state index is 0.137. The molecular weight excluding hydrogens is 244 g/mol. The summed E-state index contributed by atoms with van der Waals surface area (Å²) in [6, 6.07) is 9.95. The Morgan fingerprint density at radius 1 is 1.37 bits per heavy atom. The quantitative estimate of drug-likeness (QED) is 0.763.